The molecule has 21 heavy (non-hydrogen) atoms. The van der Waals surface area contributed by atoms with E-state index in [4.69, 9.17) is 0 Å². The summed E-state index contributed by atoms with van der Waals surface area (Å²) in [6.07, 6.45) is 2.47. The van der Waals surface area contributed by atoms with E-state index in [-0.39, 0.29) is 6.04 Å². The molecule has 114 valence electrons. The Bertz CT molecular complexity index is 597. The molecule has 1 heterocycles. The van der Waals surface area contributed by atoms with E-state index in [0.29, 0.717) is 5.92 Å². The second kappa shape index (κ2) is 7.69. The molecule has 0 aliphatic heterocycles. The zero-order chi connectivity index (χ0) is 15.4. The van der Waals surface area contributed by atoms with Crippen LogP contribution in [0.4, 0.5) is 0 Å². The molecule has 1 N–H and O–H groups in total. The predicted molar refractivity (Wildman–Crippen MR) is 97.2 cm³/mol. The Hall–Kier alpha value is -0.470. The average molecular weight is 463 g/mol. The van der Waals surface area contributed by atoms with Crippen LogP contribution in [0, 0.1) is 9.49 Å². The number of nitrogens with zero attached hydrogens (tertiary/aromatic N) is 3. The lowest BCUT2D eigenvalue weighted by molar-refractivity contribution is 0.451. The molecule has 1 atom stereocenters. The van der Waals surface area contributed by atoms with E-state index in [2.05, 4.69) is 86.0 Å². The lowest BCUT2D eigenvalue weighted by Crippen LogP contribution is -2.22. The second-order valence-electron chi connectivity index (χ2n) is 5.46. The van der Waals surface area contributed by atoms with Crippen molar-refractivity contribution < 1.29 is 0 Å². The topological polar surface area (TPSA) is 42.7 Å². The molecule has 1 aromatic heterocycles. The highest BCUT2D eigenvalue weighted by atomic mass is 127. The molecule has 4 nitrogen and oxygen atoms in total. The molecule has 2 aromatic rings. The van der Waals surface area contributed by atoms with Crippen molar-refractivity contribution in [3.63, 3.8) is 0 Å². The SMILES string of the molecule is CNC(Cc1ncnn1CC(C)C)c1cc(I)ccc1Br. The first-order valence-electron chi connectivity index (χ1n) is 7.00. The molecule has 1 aromatic carbocycles. The van der Waals surface area contributed by atoms with E-state index in [1.54, 1.807) is 6.33 Å². The van der Waals surface area contributed by atoms with E-state index in [1.807, 2.05) is 11.7 Å². The van der Waals surface area contributed by atoms with Crippen LogP contribution in [0.25, 0.3) is 0 Å². The smallest absolute Gasteiger partial charge is 0.138 e. The van der Waals surface area contributed by atoms with Gasteiger partial charge in [0, 0.05) is 27.1 Å². The number of likely N-dealkylation sites (N-methyl/N-ethyl adjacent to an activating group) is 1. The van der Waals surface area contributed by atoms with Crippen LogP contribution >= 0.6 is 38.5 Å². The predicted octanol–water partition coefficient (Wildman–Crippen LogP) is 3.80. The molecule has 0 aliphatic carbocycles. The molecule has 0 saturated heterocycles. The molecule has 0 fully saturated rings. The number of hydrogen-bond donors (Lipinski definition) is 1. The van der Waals surface area contributed by atoms with Gasteiger partial charge in [0.05, 0.1) is 0 Å². The van der Waals surface area contributed by atoms with Gasteiger partial charge in [-0.25, -0.2) is 9.67 Å². The standard InChI is InChI=1S/C15H20BrIN4/c1-10(2)8-21-15(19-9-20-21)7-14(18-3)12-6-11(17)4-5-13(12)16/h4-6,9-10,14,18H,7-8H2,1-3H3. The van der Waals surface area contributed by atoms with Crippen molar-refractivity contribution in [1.82, 2.24) is 20.1 Å². The third-order valence-corrected chi connectivity index (χ3v) is 4.70. The van der Waals surface area contributed by atoms with Crippen LogP contribution in [0.3, 0.4) is 0 Å². The van der Waals surface area contributed by atoms with Crippen molar-refractivity contribution in [2.45, 2.75) is 32.9 Å². The number of aromatic nitrogens is 3. The minimum Gasteiger partial charge on any atom is -0.313 e. The first-order chi connectivity index (χ1) is 10.0. The summed E-state index contributed by atoms with van der Waals surface area (Å²) in [5, 5.41) is 7.73. The summed E-state index contributed by atoms with van der Waals surface area (Å²) in [5.74, 6) is 1.58. The largest absolute Gasteiger partial charge is 0.313 e. The maximum Gasteiger partial charge on any atom is 0.138 e. The van der Waals surface area contributed by atoms with Gasteiger partial charge in [0.15, 0.2) is 0 Å². The Morgan fingerprint density at radius 3 is 2.81 bits per heavy atom. The second-order valence-corrected chi connectivity index (χ2v) is 7.56. The van der Waals surface area contributed by atoms with Gasteiger partial charge in [-0.3, -0.25) is 0 Å². The van der Waals surface area contributed by atoms with Gasteiger partial charge in [-0.05, 0) is 59.3 Å². The number of rotatable bonds is 6. The highest BCUT2D eigenvalue weighted by molar-refractivity contribution is 14.1. The first kappa shape index (κ1) is 16.9. The van der Waals surface area contributed by atoms with Gasteiger partial charge in [0.25, 0.3) is 0 Å². The molecule has 6 heteroatoms. The minimum atomic E-state index is 0.212. The van der Waals surface area contributed by atoms with Crippen molar-refractivity contribution in [1.29, 1.82) is 0 Å². The quantitative estimate of drug-likeness (QED) is 0.664. The molecule has 1 unspecified atom stereocenters. The van der Waals surface area contributed by atoms with Gasteiger partial charge in [-0.2, -0.15) is 5.10 Å². The van der Waals surface area contributed by atoms with Crippen LogP contribution in [0.1, 0.15) is 31.3 Å². The zero-order valence-corrected chi connectivity index (χ0v) is 16.2. The Kier molecular flexibility index (Phi) is 6.19. The minimum absolute atomic E-state index is 0.212. The van der Waals surface area contributed by atoms with Crippen LogP contribution in [0.15, 0.2) is 29.0 Å². The van der Waals surface area contributed by atoms with Gasteiger partial charge in [0.1, 0.15) is 12.2 Å². The first-order valence-corrected chi connectivity index (χ1v) is 8.87. The molecule has 0 radical (unpaired) electrons. The summed E-state index contributed by atoms with van der Waals surface area (Å²) >= 11 is 5.99. The fourth-order valence-electron chi connectivity index (χ4n) is 2.28. The zero-order valence-electron chi connectivity index (χ0n) is 12.5. The number of hydrogen-bond acceptors (Lipinski definition) is 3. The highest BCUT2D eigenvalue weighted by Crippen LogP contribution is 2.27. The normalized spacial score (nSPS) is 12.9. The van der Waals surface area contributed by atoms with E-state index < -0.39 is 0 Å². The molecule has 2 rings (SSSR count). The highest BCUT2D eigenvalue weighted by Gasteiger charge is 2.17. The summed E-state index contributed by atoms with van der Waals surface area (Å²) in [4.78, 5) is 4.43. The van der Waals surface area contributed by atoms with Gasteiger partial charge in [-0.1, -0.05) is 29.8 Å². The van der Waals surface area contributed by atoms with Crippen LogP contribution in [-0.2, 0) is 13.0 Å². The van der Waals surface area contributed by atoms with Gasteiger partial charge in [-0.15, -0.1) is 0 Å². The third kappa shape index (κ3) is 4.50. The van der Waals surface area contributed by atoms with Crippen molar-refractivity contribution >= 4 is 38.5 Å². The van der Waals surface area contributed by atoms with Gasteiger partial charge < -0.3 is 5.32 Å². The molecule has 0 aliphatic rings. The summed E-state index contributed by atoms with van der Waals surface area (Å²) in [6.45, 7) is 5.29. The van der Waals surface area contributed by atoms with Crippen LogP contribution < -0.4 is 5.32 Å². The van der Waals surface area contributed by atoms with Crippen molar-refractivity contribution in [2.75, 3.05) is 7.05 Å². The average Bonchev–Trinajstić information content (AvgIpc) is 2.85. The van der Waals surface area contributed by atoms with Crippen LogP contribution in [0.5, 0.6) is 0 Å². The Morgan fingerprint density at radius 1 is 1.38 bits per heavy atom. The molecular weight excluding hydrogens is 443 g/mol. The Labute approximate surface area is 148 Å². The number of halogens is 2. The fraction of sp³-hybridized carbons (Fsp3) is 0.467. The van der Waals surface area contributed by atoms with E-state index in [1.165, 1.54) is 9.13 Å². The van der Waals surface area contributed by atoms with E-state index in [0.717, 1.165) is 23.3 Å². The molecular formula is C15H20BrIN4. The molecule has 0 spiro atoms. The number of benzene rings is 1. The molecule has 0 amide bonds. The van der Waals surface area contributed by atoms with Crippen LogP contribution in [0.2, 0.25) is 0 Å². The number of nitrogens with one attached hydrogen (secondary N) is 1. The maximum absolute atomic E-state index is 4.43. The van der Waals surface area contributed by atoms with Crippen LogP contribution in [-0.4, -0.2) is 21.8 Å². The fourth-order valence-corrected chi connectivity index (χ4v) is 3.31. The van der Waals surface area contributed by atoms with Crippen molar-refractivity contribution in [2.24, 2.45) is 5.92 Å². The van der Waals surface area contributed by atoms with E-state index in [9.17, 15) is 0 Å². The lowest BCUT2D eigenvalue weighted by Gasteiger charge is -2.19. The Balaban J connectivity index is 2.23. The van der Waals surface area contributed by atoms with E-state index >= 15 is 0 Å². The summed E-state index contributed by atoms with van der Waals surface area (Å²) < 4.78 is 4.36. The maximum atomic E-state index is 4.43. The lowest BCUT2D eigenvalue weighted by atomic mass is 10.0. The van der Waals surface area contributed by atoms with Gasteiger partial charge in [0.2, 0.25) is 0 Å². The monoisotopic (exact) mass is 462 g/mol. The summed E-state index contributed by atoms with van der Waals surface area (Å²) in [5.41, 5.74) is 1.25. The third-order valence-electron chi connectivity index (χ3n) is 3.30. The van der Waals surface area contributed by atoms with Crippen molar-refractivity contribution in [3.05, 3.63) is 44.0 Å². The Morgan fingerprint density at radius 2 is 2.14 bits per heavy atom. The van der Waals surface area contributed by atoms with Gasteiger partial charge >= 0.3 is 0 Å². The summed E-state index contributed by atoms with van der Waals surface area (Å²) in [6, 6.07) is 6.61. The summed E-state index contributed by atoms with van der Waals surface area (Å²) in [7, 11) is 1.99. The molecule has 0 saturated carbocycles. The van der Waals surface area contributed by atoms with Crippen molar-refractivity contribution in [3.8, 4) is 0 Å². The molecule has 0 bridgehead atoms.